The average Bonchev–Trinajstić information content (AvgIpc) is 3.31. The van der Waals surface area contributed by atoms with Crippen molar-refractivity contribution >= 4 is 33.6 Å². The number of cyclic esters (lactones) is 2. The number of hydrogen-bond donors (Lipinski definition) is 0. The van der Waals surface area contributed by atoms with Gasteiger partial charge in [-0.25, -0.2) is 9.59 Å². The number of methoxy groups -OCH3 is 1. The monoisotopic (exact) mass is 453 g/mol. The fraction of sp³-hybridized carbons (Fsp3) is 0.182. The number of esters is 2. The third kappa shape index (κ3) is 2.76. The van der Waals surface area contributed by atoms with Gasteiger partial charge < -0.3 is 19.1 Å². The molecule has 0 aliphatic carbocycles. The molecule has 0 atom stereocenters. The topological polar surface area (TPSA) is 65.1 Å². The van der Waals surface area contributed by atoms with E-state index in [1.54, 1.807) is 7.11 Å². The van der Waals surface area contributed by atoms with Crippen LogP contribution in [0.5, 0.6) is 5.75 Å². The van der Waals surface area contributed by atoms with E-state index in [9.17, 15) is 9.59 Å². The Hall–Kier alpha value is -3.06. The number of carbonyl (C=O) groups excluding carboxylic acids is 2. The van der Waals surface area contributed by atoms with Crippen LogP contribution >= 0.6 is 15.9 Å². The van der Waals surface area contributed by atoms with E-state index in [1.807, 2.05) is 53.4 Å². The van der Waals surface area contributed by atoms with Crippen molar-refractivity contribution in [2.24, 2.45) is 0 Å². The fourth-order valence-electron chi connectivity index (χ4n) is 4.09. The number of halogens is 1. The Bertz CT molecular complexity index is 1040. The lowest BCUT2D eigenvalue weighted by Crippen LogP contribution is -2.32. The second-order valence-corrected chi connectivity index (χ2v) is 7.81. The molecule has 5 rings (SSSR count). The maximum atomic E-state index is 12.7. The van der Waals surface area contributed by atoms with E-state index in [-0.39, 0.29) is 13.2 Å². The molecule has 3 heterocycles. The van der Waals surface area contributed by atoms with Gasteiger partial charge in [-0.15, -0.1) is 0 Å². The fourth-order valence-corrected chi connectivity index (χ4v) is 4.36. The molecule has 3 aliphatic rings. The summed E-state index contributed by atoms with van der Waals surface area (Å²) in [5.41, 5.74) is 4.12. The highest BCUT2D eigenvalue weighted by Crippen LogP contribution is 2.48. The van der Waals surface area contributed by atoms with E-state index in [4.69, 9.17) is 14.2 Å². The number of hydrogen-bond acceptors (Lipinski definition) is 6. The van der Waals surface area contributed by atoms with Gasteiger partial charge in [0.15, 0.2) is 0 Å². The third-order valence-electron chi connectivity index (χ3n) is 5.39. The molecule has 3 aliphatic heterocycles. The summed E-state index contributed by atoms with van der Waals surface area (Å²) in [7, 11) is 1.60. The maximum Gasteiger partial charge on any atom is 0.337 e. The van der Waals surface area contributed by atoms with Crippen LogP contribution in [0.1, 0.15) is 11.5 Å². The standard InChI is InChI=1S/C22H16BrNO5/c1-27-15-8-6-14(7-9-15)24-16-10-28-21(25)19(16)18(12-2-4-13(23)5-3-12)20-17(24)11-29-22(20)26/h2-9,18H,10-11H2,1H3. The normalized spacial score (nSPS) is 18.6. The van der Waals surface area contributed by atoms with E-state index in [0.717, 1.165) is 32.9 Å². The zero-order chi connectivity index (χ0) is 20.1. The zero-order valence-corrected chi connectivity index (χ0v) is 17.1. The van der Waals surface area contributed by atoms with Gasteiger partial charge in [0.05, 0.1) is 35.6 Å². The summed E-state index contributed by atoms with van der Waals surface area (Å²) >= 11 is 3.43. The Kier molecular flexibility index (Phi) is 4.20. The van der Waals surface area contributed by atoms with Gasteiger partial charge in [0.25, 0.3) is 0 Å². The van der Waals surface area contributed by atoms with Crippen molar-refractivity contribution in [1.82, 2.24) is 0 Å². The minimum Gasteiger partial charge on any atom is -0.497 e. The smallest absolute Gasteiger partial charge is 0.337 e. The molecule has 0 saturated carbocycles. The lowest BCUT2D eigenvalue weighted by atomic mass is 9.80. The number of benzene rings is 2. The van der Waals surface area contributed by atoms with Crippen LogP contribution in [0, 0.1) is 0 Å². The highest BCUT2D eigenvalue weighted by atomic mass is 79.9. The lowest BCUT2D eigenvalue weighted by molar-refractivity contribution is -0.136. The summed E-state index contributed by atoms with van der Waals surface area (Å²) in [4.78, 5) is 27.4. The molecule has 2 aromatic rings. The second-order valence-electron chi connectivity index (χ2n) is 6.89. The molecule has 29 heavy (non-hydrogen) atoms. The predicted molar refractivity (Wildman–Crippen MR) is 108 cm³/mol. The van der Waals surface area contributed by atoms with Gasteiger partial charge in [0.2, 0.25) is 0 Å². The lowest BCUT2D eigenvalue weighted by Gasteiger charge is -2.33. The van der Waals surface area contributed by atoms with Crippen LogP contribution < -0.4 is 9.64 Å². The van der Waals surface area contributed by atoms with Crippen molar-refractivity contribution in [3.63, 3.8) is 0 Å². The van der Waals surface area contributed by atoms with Gasteiger partial charge in [-0.1, -0.05) is 28.1 Å². The molecule has 0 N–H and O–H groups in total. The molecule has 0 amide bonds. The first-order valence-corrected chi connectivity index (χ1v) is 9.87. The first kappa shape index (κ1) is 18.0. The van der Waals surface area contributed by atoms with Crippen LogP contribution in [-0.2, 0) is 19.1 Å². The molecule has 6 nitrogen and oxygen atoms in total. The molecule has 0 unspecified atom stereocenters. The number of anilines is 1. The second kappa shape index (κ2) is 6.77. The van der Waals surface area contributed by atoms with Crippen molar-refractivity contribution in [2.45, 2.75) is 5.92 Å². The van der Waals surface area contributed by atoms with E-state index >= 15 is 0 Å². The summed E-state index contributed by atoms with van der Waals surface area (Å²) in [6.45, 7) is 0.302. The zero-order valence-electron chi connectivity index (χ0n) is 15.5. The number of ether oxygens (including phenoxy) is 3. The van der Waals surface area contributed by atoms with Crippen molar-refractivity contribution in [3.05, 3.63) is 81.1 Å². The Morgan fingerprint density at radius 2 is 1.45 bits per heavy atom. The molecule has 0 fully saturated rings. The highest BCUT2D eigenvalue weighted by molar-refractivity contribution is 9.10. The predicted octanol–water partition coefficient (Wildman–Crippen LogP) is 3.68. The van der Waals surface area contributed by atoms with Crippen LogP contribution in [0.3, 0.4) is 0 Å². The van der Waals surface area contributed by atoms with Crippen LogP contribution in [-0.4, -0.2) is 32.3 Å². The summed E-state index contributed by atoms with van der Waals surface area (Å²) in [5.74, 6) is -0.595. The SMILES string of the molecule is COc1ccc(N2C3=C(C(=O)OC3)C(c3ccc(Br)cc3)C3=C2COC3=O)cc1. The average molecular weight is 454 g/mol. The Morgan fingerprint density at radius 3 is 1.97 bits per heavy atom. The molecule has 0 spiro atoms. The van der Waals surface area contributed by atoms with Gasteiger partial charge in [-0.05, 0) is 42.0 Å². The van der Waals surface area contributed by atoms with E-state index in [2.05, 4.69) is 15.9 Å². The van der Waals surface area contributed by atoms with E-state index in [1.165, 1.54) is 0 Å². The van der Waals surface area contributed by atoms with Gasteiger partial charge in [0.1, 0.15) is 19.0 Å². The number of carbonyl (C=O) groups is 2. The highest BCUT2D eigenvalue weighted by Gasteiger charge is 2.48. The Labute approximate surface area is 175 Å². The molecule has 0 aromatic heterocycles. The van der Waals surface area contributed by atoms with Gasteiger partial charge in [0, 0.05) is 10.2 Å². The Morgan fingerprint density at radius 1 is 0.897 bits per heavy atom. The number of rotatable bonds is 3. The summed E-state index contributed by atoms with van der Waals surface area (Å²) in [6, 6.07) is 15.1. The molecular weight excluding hydrogens is 438 g/mol. The van der Waals surface area contributed by atoms with Crippen molar-refractivity contribution in [3.8, 4) is 5.75 Å². The molecule has 0 saturated heterocycles. The minimum absolute atomic E-state index is 0.151. The largest absolute Gasteiger partial charge is 0.497 e. The molecule has 0 radical (unpaired) electrons. The van der Waals surface area contributed by atoms with Gasteiger partial charge in [-0.3, -0.25) is 0 Å². The summed E-state index contributed by atoms with van der Waals surface area (Å²) in [5, 5.41) is 0. The molecule has 7 heteroatoms. The maximum absolute atomic E-state index is 12.7. The van der Waals surface area contributed by atoms with Crippen LogP contribution in [0.4, 0.5) is 5.69 Å². The van der Waals surface area contributed by atoms with Crippen molar-refractivity contribution in [1.29, 1.82) is 0 Å². The molecule has 2 aromatic carbocycles. The van der Waals surface area contributed by atoms with Gasteiger partial charge in [-0.2, -0.15) is 0 Å². The molecule has 146 valence electrons. The summed E-state index contributed by atoms with van der Waals surface area (Å²) < 4.78 is 17.0. The number of nitrogens with zero attached hydrogens (tertiary/aromatic N) is 1. The van der Waals surface area contributed by atoms with Crippen LogP contribution in [0.15, 0.2) is 75.5 Å². The van der Waals surface area contributed by atoms with Crippen molar-refractivity contribution < 1.29 is 23.8 Å². The summed E-state index contributed by atoms with van der Waals surface area (Å²) in [6.07, 6.45) is 0. The Balaban J connectivity index is 1.71. The van der Waals surface area contributed by atoms with E-state index < -0.39 is 17.9 Å². The molecular formula is C22H16BrNO5. The quantitative estimate of drug-likeness (QED) is 0.660. The van der Waals surface area contributed by atoms with Crippen LogP contribution in [0.25, 0.3) is 0 Å². The first-order chi connectivity index (χ1) is 14.1. The minimum atomic E-state index is -0.507. The van der Waals surface area contributed by atoms with Gasteiger partial charge >= 0.3 is 11.9 Å². The molecule has 0 bridgehead atoms. The first-order valence-electron chi connectivity index (χ1n) is 9.08. The van der Waals surface area contributed by atoms with Crippen LogP contribution in [0.2, 0.25) is 0 Å². The third-order valence-corrected chi connectivity index (χ3v) is 5.92. The van der Waals surface area contributed by atoms with E-state index in [0.29, 0.717) is 11.1 Å². The van der Waals surface area contributed by atoms with Crippen molar-refractivity contribution in [2.75, 3.05) is 25.2 Å².